The molecule has 0 radical (unpaired) electrons. The number of anilines is 6. The maximum Gasteiger partial charge on any atom is 0.252 e. The van der Waals surface area contributed by atoms with E-state index in [2.05, 4.69) is 294 Å². The molecule has 0 bridgehead atoms. The van der Waals surface area contributed by atoms with Gasteiger partial charge < -0.3 is 9.80 Å². The predicted octanol–water partition coefficient (Wildman–Crippen LogP) is 18.8. The Morgan fingerprint density at radius 1 is 0.350 bits per heavy atom. The minimum atomic E-state index is -0.273. The molecule has 2 aliphatic carbocycles. The molecule has 0 saturated carbocycles. The van der Waals surface area contributed by atoms with Crippen molar-refractivity contribution in [3.63, 3.8) is 0 Å². The van der Waals surface area contributed by atoms with E-state index in [4.69, 9.17) is 0 Å². The smallest absolute Gasteiger partial charge is 0.252 e. The van der Waals surface area contributed by atoms with Crippen LogP contribution in [-0.4, -0.2) is 6.71 Å². The number of hydrogen-bond acceptors (Lipinski definition) is 2. The summed E-state index contributed by atoms with van der Waals surface area (Å²) in [5, 5.41) is 0. The van der Waals surface area contributed by atoms with Gasteiger partial charge in [0.1, 0.15) is 0 Å². The highest BCUT2D eigenvalue weighted by Gasteiger charge is 2.48. The molecular formula is C77H79BN2. The molecule has 4 aliphatic rings. The summed E-state index contributed by atoms with van der Waals surface area (Å²) in [5.74, 6) is 0. The van der Waals surface area contributed by atoms with E-state index in [0.717, 1.165) is 12.8 Å². The highest BCUT2D eigenvalue weighted by molar-refractivity contribution is 7.00. The molecule has 9 aromatic rings. The molecule has 0 amide bonds. The van der Waals surface area contributed by atoms with Crippen LogP contribution in [0.15, 0.2) is 194 Å². The van der Waals surface area contributed by atoms with Crippen LogP contribution < -0.4 is 26.2 Å². The average Bonchev–Trinajstić information content (AvgIpc) is 3.65. The molecular weight excluding hydrogens is 964 g/mol. The number of nitrogens with zero attached hydrogens (tertiary/aromatic N) is 2. The Morgan fingerprint density at radius 2 is 0.812 bits per heavy atom. The Hall–Kier alpha value is -7.36. The summed E-state index contributed by atoms with van der Waals surface area (Å²) in [5.41, 5.74) is 28.5. The summed E-state index contributed by atoms with van der Waals surface area (Å²) in [6.45, 7) is 31.7. The zero-order valence-corrected chi connectivity index (χ0v) is 49.8. The second-order valence-corrected chi connectivity index (χ2v) is 28.0. The number of aryl methyl sites for hydroxylation is 1. The molecule has 9 aromatic carbocycles. The lowest BCUT2D eigenvalue weighted by atomic mass is 9.33. The fraction of sp³-hybridized carbons (Fsp3) is 0.299. The third-order valence-electron chi connectivity index (χ3n) is 20.3. The Balaban J connectivity index is 1.12. The number of hydrogen-bond donors (Lipinski definition) is 0. The van der Waals surface area contributed by atoms with E-state index in [1.54, 1.807) is 0 Å². The minimum Gasteiger partial charge on any atom is -0.311 e. The van der Waals surface area contributed by atoms with Gasteiger partial charge in [0.05, 0.1) is 5.69 Å². The highest BCUT2D eigenvalue weighted by atomic mass is 15.2. The van der Waals surface area contributed by atoms with E-state index in [0.29, 0.717) is 0 Å². The van der Waals surface area contributed by atoms with E-state index in [1.165, 1.54) is 136 Å². The fourth-order valence-corrected chi connectivity index (χ4v) is 14.7. The molecule has 0 spiro atoms. The van der Waals surface area contributed by atoms with Crippen LogP contribution in [0.5, 0.6) is 0 Å². The van der Waals surface area contributed by atoms with Gasteiger partial charge in [-0.3, -0.25) is 0 Å². The van der Waals surface area contributed by atoms with Crippen molar-refractivity contribution >= 4 is 57.2 Å². The van der Waals surface area contributed by atoms with Crippen molar-refractivity contribution in [2.45, 2.75) is 148 Å². The molecule has 0 fully saturated rings. The van der Waals surface area contributed by atoms with Crippen LogP contribution in [0.2, 0.25) is 0 Å². The topological polar surface area (TPSA) is 6.48 Å². The molecule has 2 aliphatic heterocycles. The zero-order chi connectivity index (χ0) is 55.9. The summed E-state index contributed by atoms with van der Waals surface area (Å²) >= 11 is 0. The van der Waals surface area contributed by atoms with Gasteiger partial charge in [-0.15, -0.1) is 0 Å². The van der Waals surface area contributed by atoms with E-state index in [1.807, 2.05) is 0 Å². The van der Waals surface area contributed by atoms with Crippen LogP contribution in [0.1, 0.15) is 159 Å². The molecule has 2 nitrogen and oxygen atoms in total. The van der Waals surface area contributed by atoms with E-state index in [9.17, 15) is 0 Å². The van der Waals surface area contributed by atoms with Crippen LogP contribution in [0.4, 0.5) is 34.1 Å². The summed E-state index contributed by atoms with van der Waals surface area (Å²) in [6, 6.07) is 75.2. The summed E-state index contributed by atoms with van der Waals surface area (Å²) in [4.78, 5) is 5.40. The second-order valence-electron chi connectivity index (χ2n) is 28.0. The number of fused-ring (bicyclic) bond motifs is 6. The van der Waals surface area contributed by atoms with Crippen LogP contribution in [0.3, 0.4) is 0 Å². The van der Waals surface area contributed by atoms with Crippen LogP contribution >= 0.6 is 0 Å². The average molecular weight is 1040 g/mol. The van der Waals surface area contributed by atoms with Gasteiger partial charge in [0.25, 0.3) is 6.71 Å². The van der Waals surface area contributed by atoms with Gasteiger partial charge in [-0.2, -0.15) is 0 Å². The molecule has 0 atom stereocenters. The quantitative estimate of drug-likeness (QED) is 0.140. The van der Waals surface area contributed by atoms with Crippen molar-refractivity contribution in [1.82, 2.24) is 0 Å². The van der Waals surface area contributed by atoms with Gasteiger partial charge in [-0.05, 0) is 186 Å². The minimum absolute atomic E-state index is 0.0176. The van der Waals surface area contributed by atoms with Crippen LogP contribution in [0.25, 0.3) is 22.3 Å². The maximum absolute atomic E-state index is 2.71. The monoisotopic (exact) mass is 1040 g/mol. The Kier molecular flexibility index (Phi) is 11.9. The lowest BCUT2D eigenvalue weighted by Gasteiger charge is -2.48. The van der Waals surface area contributed by atoms with Crippen LogP contribution in [0, 0.1) is 6.92 Å². The molecule has 80 heavy (non-hydrogen) atoms. The first-order valence-electron chi connectivity index (χ1n) is 29.7. The molecule has 0 saturated heterocycles. The summed E-state index contributed by atoms with van der Waals surface area (Å²) in [6.07, 6.45) is 4.67. The second kappa shape index (κ2) is 18.3. The summed E-state index contributed by atoms with van der Waals surface area (Å²) < 4.78 is 0. The predicted molar refractivity (Wildman–Crippen MR) is 344 cm³/mol. The molecule has 400 valence electrons. The van der Waals surface area contributed by atoms with E-state index in [-0.39, 0.29) is 39.2 Å². The van der Waals surface area contributed by atoms with Gasteiger partial charge in [-0.25, -0.2) is 0 Å². The maximum atomic E-state index is 2.71. The lowest BCUT2D eigenvalue weighted by molar-refractivity contribution is 0.332. The molecule has 0 aromatic heterocycles. The first-order valence-corrected chi connectivity index (χ1v) is 29.7. The van der Waals surface area contributed by atoms with E-state index >= 15 is 0 Å². The van der Waals surface area contributed by atoms with Gasteiger partial charge >= 0.3 is 0 Å². The molecule has 13 rings (SSSR count). The molecule has 3 heteroatoms. The normalized spacial score (nSPS) is 17.2. The van der Waals surface area contributed by atoms with Crippen molar-refractivity contribution in [2.24, 2.45) is 0 Å². The van der Waals surface area contributed by atoms with Crippen molar-refractivity contribution in [1.29, 1.82) is 0 Å². The van der Waals surface area contributed by atoms with Crippen LogP contribution in [-0.2, 0) is 32.5 Å². The third kappa shape index (κ3) is 8.26. The zero-order valence-electron chi connectivity index (χ0n) is 49.8. The standard InChI is InChI=1S/C77H79BN2/c1-50-43-69-71-70(44-50)80(66-38-34-56(76(10,11)54-25-19-15-20-26-54)45-59(66)53-31-29-52(30-32-53)51-23-17-14-18-24-51)67-46-57(77(12,13)55-27-21-16-22-28-55)33-37-64(67)78(71)65-48-62-63(75(8,9)42-41-74(62,6)7)49-68(65)79(69)58-35-36-60-61(47-58)73(4,5)40-39-72(60,2)3/h14-38,43-49H,39-42H2,1-13H3. The van der Waals surface area contributed by atoms with Crippen molar-refractivity contribution in [2.75, 3.05) is 9.80 Å². The Morgan fingerprint density at radius 3 is 1.40 bits per heavy atom. The van der Waals surface area contributed by atoms with Gasteiger partial charge in [-0.1, -0.05) is 229 Å². The molecule has 0 unspecified atom stereocenters. The van der Waals surface area contributed by atoms with Crippen molar-refractivity contribution < 1.29 is 0 Å². The molecule has 0 N–H and O–H groups in total. The Labute approximate surface area is 479 Å². The molecule has 2 heterocycles. The van der Waals surface area contributed by atoms with Gasteiger partial charge in [0, 0.05) is 44.8 Å². The van der Waals surface area contributed by atoms with Gasteiger partial charge in [0.15, 0.2) is 0 Å². The van der Waals surface area contributed by atoms with E-state index < -0.39 is 0 Å². The number of rotatable bonds is 8. The largest absolute Gasteiger partial charge is 0.311 e. The van der Waals surface area contributed by atoms with Gasteiger partial charge in [0.2, 0.25) is 0 Å². The summed E-state index contributed by atoms with van der Waals surface area (Å²) in [7, 11) is 0. The van der Waals surface area contributed by atoms with Crippen molar-refractivity contribution in [3.05, 3.63) is 244 Å². The number of benzene rings is 9. The third-order valence-corrected chi connectivity index (χ3v) is 20.3. The Bertz CT molecular complexity index is 3900. The lowest BCUT2D eigenvalue weighted by Crippen LogP contribution is -2.62. The fourth-order valence-electron chi connectivity index (χ4n) is 14.7. The first kappa shape index (κ1) is 52.0. The first-order chi connectivity index (χ1) is 38.0. The van der Waals surface area contributed by atoms with Crippen molar-refractivity contribution in [3.8, 4) is 22.3 Å². The SMILES string of the molecule is Cc1cc2c3c(c1)N(c1ccc(C(C)(C)c4ccccc4)cc1-c1ccc(-c4ccccc4)cc1)c1cc(C(C)(C)c4ccccc4)ccc1B3c1cc3c(cc1N2c1ccc2c(c1)C(C)(C)CCC2(C)C)C(C)(C)CCC3(C)C. The highest BCUT2D eigenvalue weighted by Crippen LogP contribution is 2.54.